The van der Waals surface area contributed by atoms with Gasteiger partial charge in [-0.3, -0.25) is 28.8 Å². The fourth-order valence-electron chi connectivity index (χ4n) is 14.4. The number of nitrogens with two attached hydrogens (primary N) is 2. The van der Waals surface area contributed by atoms with E-state index in [-0.39, 0.29) is 118 Å². The summed E-state index contributed by atoms with van der Waals surface area (Å²) in [6.45, 7) is 5.55. The fourth-order valence-corrected chi connectivity index (χ4v) is 14.9. The molecule has 0 radical (unpaired) electrons. The van der Waals surface area contributed by atoms with Crippen LogP contribution in [0.3, 0.4) is 0 Å². The van der Waals surface area contributed by atoms with Crippen molar-refractivity contribution < 1.29 is 87.3 Å². The SMILES string of the molecule is CC(=O)N[C@@H](CCCCN)C(=O)NC(C(=O)NC(CCCNC(N)=O)C(=O)Nc1ccc(COC(=O)N(C)CCN(C)C(=O)Oc2cc3c(c4ccccc24)C(CCl)CN3C(=O)C23CC(C(=O)N4CC(CCl)c5c4cc(OC4OC(C(=O)O)C(O)C(O)C4O)c4ccccc54)(C2)C3)cc1)C(C)C. The van der Waals surface area contributed by atoms with E-state index in [1.54, 1.807) is 84.3 Å². The number of fused-ring (bicyclic) bond motifs is 6. The number of anilines is 3. The van der Waals surface area contributed by atoms with Gasteiger partial charge in [0.15, 0.2) is 6.10 Å². The van der Waals surface area contributed by atoms with Gasteiger partial charge in [0.2, 0.25) is 41.7 Å². The second-order valence-corrected chi connectivity index (χ2v) is 28.0. The van der Waals surface area contributed by atoms with Gasteiger partial charge in [-0.05, 0) is 103 Å². The first-order valence-corrected chi connectivity index (χ1v) is 35.0. The summed E-state index contributed by atoms with van der Waals surface area (Å²) in [4.78, 5) is 140. The topological polar surface area (TPSA) is 414 Å². The third-order valence-corrected chi connectivity index (χ3v) is 20.5. The quantitative estimate of drug-likeness (QED) is 0.0226. The number of aliphatic hydroxyl groups excluding tert-OH is 3. The molecule has 29 nitrogen and oxygen atoms in total. The van der Waals surface area contributed by atoms with Crippen molar-refractivity contribution in [3.63, 3.8) is 0 Å². The van der Waals surface area contributed by atoms with Gasteiger partial charge in [-0.1, -0.05) is 74.5 Å². The van der Waals surface area contributed by atoms with Crippen molar-refractivity contribution in [3.05, 3.63) is 102 Å². The largest absolute Gasteiger partial charge is 0.479 e. The van der Waals surface area contributed by atoms with Gasteiger partial charge in [0.25, 0.3) is 0 Å². The molecule has 9 unspecified atom stereocenters. The molecule has 0 aromatic heterocycles. The van der Waals surface area contributed by atoms with E-state index in [4.69, 9.17) is 53.6 Å². The summed E-state index contributed by atoms with van der Waals surface area (Å²) < 4.78 is 23.3. The van der Waals surface area contributed by atoms with Crippen molar-refractivity contribution in [1.82, 2.24) is 31.1 Å². The number of alkyl halides is 2. The minimum Gasteiger partial charge on any atom is -0.479 e. The third-order valence-electron chi connectivity index (χ3n) is 19.8. The Bertz CT molecular complexity index is 4020. The van der Waals surface area contributed by atoms with Crippen molar-refractivity contribution in [2.24, 2.45) is 28.2 Å². The van der Waals surface area contributed by atoms with Gasteiger partial charge in [0.1, 0.15) is 54.5 Å². The summed E-state index contributed by atoms with van der Waals surface area (Å²) in [6.07, 6.45) is -8.26. The number of hydrogen-bond acceptors (Lipinski definition) is 18. The van der Waals surface area contributed by atoms with Crippen LogP contribution in [0.1, 0.15) is 101 Å². The van der Waals surface area contributed by atoms with Crippen LogP contribution in [0.5, 0.6) is 11.5 Å². The molecule has 548 valence electrons. The summed E-state index contributed by atoms with van der Waals surface area (Å²) in [5.41, 5.74) is 12.6. The van der Waals surface area contributed by atoms with Crippen molar-refractivity contribution in [1.29, 1.82) is 0 Å². The predicted octanol–water partition coefficient (Wildman–Crippen LogP) is 4.82. The molecular formula is C71H87Cl2N11O18. The van der Waals surface area contributed by atoms with Crippen LogP contribution < -0.4 is 57.3 Å². The normalized spacial score (nSPS) is 23.1. The molecule has 3 saturated carbocycles. The van der Waals surface area contributed by atoms with Gasteiger partial charge in [-0.2, -0.15) is 0 Å². The fraction of sp³-hybridized carbons (Fsp3) is 0.493. The van der Waals surface area contributed by atoms with Crippen LogP contribution in [0.15, 0.2) is 84.9 Å². The second kappa shape index (κ2) is 32.1. The van der Waals surface area contributed by atoms with Gasteiger partial charge < -0.3 is 97.0 Å². The number of halogens is 2. The lowest BCUT2D eigenvalue weighted by Gasteiger charge is -2.69. The smallest absolute Gasteiger partial charge is 0.415 e. The lowest BCUT2D eigenvalue weighted by molar-refractivity contribution is -0.270. The Morgan fingerprint density at radius 2 is 1.20 bits per heavy atom. The summed E-state index contributed by atoms with van der Waals surface area (Å²) in [6, 6.07) is 20.2. The molecule has 31 heteroatoms. The van der Waals surface area contributed by atoms with Crippen LogP contribution in [0.4, 0.5) is 31.4 Å². The molecule has 3 aliphatic heterocycles. The number of ether oxygens (including phenoxy) is 4. The van der Waals surface area contributed by atoms with Crippen LogP contribution in [0.25, 0.3) is 21.5 Å². The number of primary amides is 1. The van der Waals surface area contributed by atoms with E-state index in [1.807, 2.05) is 24.3 Å². The molecule has 6 aliphatic rings. The van der Waals surface area contributed by atoms with E-state index in [2.05, 4.69) is 26.6 Å². The van der Waals surface area contributed by atoms with Gasteiger partial charge in [0.05, 0.1) is 22.2 Å². The molecule has 3 aliphatic carbocycles. The number of carboxylic acids is 1. The van der Waals surface area contributed by atoms with Gasteiger partial charge in [0, 0.05) is 106 Å². The zero-order valence-electron chi connectivity index (χ0n) is 57.2. The minimum absolute atomic E-state index is 0.0145. The lowest BCUT2D eigenvalue weighted by atomic mass is 9.34. The molecule has 10 atom stereocenters. The first-order chi connectivity index (χ1) is 48.6. The molecule has 11 rings (SSSR count). The minimum atomic E-state index is -1.94. The van der Waals surface area contributed by atoms with Crippen molar-refractivity contribution in [3.8, 4) is 11.5 Å². The van der Waals surface area contributed by atoms with Crippen molar-refractivity contribution >= 4 is 121 Å². The molecule has 5 aromatic rings. The lowest BCUT2D eigenvalue weighted by Crippen LogP contribution is -2.73. The number of benzene rings is 5. The molecule has 10 amide bonds. The maximum Gasteiger partial charge on any atom is 0.415 e. The summed E-state index contributed by atoms with van der Waals surface area (Å²) in [5, 5.41) is 57.4. The van der Waals surface area contributed by atoms with E-state index in [0.717, 1.165) is 16.5 Å². The Labute approximate surface area is 598 Å². The molecular weight excluding hydrogens is 1370 g/mol. The number of aliphatic carboxylic acids is 1. The second-order valence-electron chi connectivity index (χ2n) is 27.4. The van der Waals surface area contributed by atoms with E-state index in [1.165, 1.54) is 30.8 Å². The molecule has 5 aromatic carbocycles. The Morgan fingerprint density at radius 3 is 1.73 bits per heavy atom. The van der Waals surface area contributed by atoms with Crippen LogP contribution in [0, 0.1) is 16.7 Å². The number of aliphatic hydroxyl groups is 3. The van der Waals surface area contributed by atoms with E-state index in [9.17, 15) is 58.8 Å². The number of unbranched alkanes of at least 4 members (excludes halogenated alkanes) is 1. The van der Waals surface area contributed by atoms with Crippen molar-refractivity contribution in [2.45, 2.75) is 139 Å². The Hall–Kier alpha value is -9.10. The number of carbonyl (C=O) groups is 10. The first-order valence-electron chi connectivity index (χ1n) is 33.9. The van der Waals surface area contributed by atoms with Crippen LogP contribution in [-0.4, -0.2) is 204 Å². The van der Waals surface area contributed by atoms with Crippen LogP contribution in [0.2, 0.25) is 0 Å². The highest BCUT2D eigenvalue weighted by Crippen LogP contribution is 2.75. The van der Waals surface area contributed by atoms with Crippen LogP contribution >= 0.6 is 23.2 Å². The first kappa shape index (κ1) is 75.6. The molecule has 3 heterocycles. The average Bonchev–Trinajstić information content (AvgIpc) is 0.968. The number of carbonyl (C=O) groups excluding carboxylic acids is 9. The standard InChI is InChI=1S/C71H87Cl2N11O18/c1-37(2)55(80-61(90)47(77-38(3)85)17-10-11-23-74)62(91)79-48(18-12-24-76-67(75)96)60(89)78-42-21-19-39(20-22-42)33-99-68(97)81(4)25-26-82(5)69(98)101-52-28-50-54(46-16-9-7-14-44(46)52)41(30-73)32-84(50)66(95)71-34-70(35-71,36-71)65(94)83-31-40(29-72)53-45-15-8-6-13-43(45)51(27-49(53)83)100-64-58(88)56(86)57(87)59(102-64)63(92)93/h6-9,13-16,19-22,27-28,37,40-41,47-48,55-59,64,86-88H,10-12,17-18,23-26,29-36,74H2,1-5H3,(H,77,85)(H,78,89)(H,79,91)(H,80,90)(H,92,93)(H3,75,76,96)/t40?,41?,47-,48?,55?,56?,57?,58?,59?,64?,70?,71?/m0/s1. The number of hydrogen-bond donors (Lipinski definition) is 11. The number of rotatable bonds is 29. The Morgan fingerprint density at radius 1 is 0.667 bits per heavy atom. The van der Waals surface area contributed by atoms with E-state index >= 15 is 9.59 Å². The van der Waals surface area contributed by atoms with Gasteiger partial charge in [-0.15, -0.1) is 23.2 Å². The summed E-state index contributed by atoms with van der Waals surface area (Å²) >= 11 is 13.3. The van der Waals surface area contributed by atoms with E-state index < -0.39 is 113 Å². The number of carboxylic acid groups (broad SMARTS) is 1. The highest BCUT2D eigenvalue weighted by atomic mass is 35.5. The number of nitrogens with one attached hydrogen (secondary N) is 5. The average molecular weight is 1450 g/mol. The predicted molar refractivity (Wildman–Crippen MR) is 376 cm³/mol. The zero-order chi connectivity index (χ0) is 73.6. The highest BCUT2D eigenvalue weighted by molar-refractivity contribution is 6.20. The Balaban J connectivity index is 0.742. The Kier molecular flexibility index (Phi) is 23.8. The summed E-state index contributed by atoms with van der Waals surface area (Å²) in [7, 11) is 3.01. The highest BCUT2D eigenvalue weighted by Gasteiger charge is 2.76. The molecule has 13 N–H and O–H groups in total. The number of urea groups is 1. The number of nitrogens with zero attached hydrogens (tertiary/aromatic N) is 4. The summed E-state index contributed by atoms with van der Waals surface area (Å²) in [5.74, 6) is -4.67. The molecule has 1 saturated heterocycles. The maximum absolute atomic E-state index is 15.1. The third kappa shape index (κ3) is 15.9. The maximum atomic E-state index is 15.1. The number of amides is 10. The molecule has 0 spiro atoms. The molecule has 2 bridgehead atoms. The monoisotopic (exact) mass is 1450 g/mol. The molecule has 4 fully saturated rings. The van der Waals surface area contributed by atoms with E-state index in [0.29, 0.717) is 64.6 Å². The zero-order valence-corrected chi connectivity index (χ0v) is 58.7. The van der Waals surface area contributed by atoms with Gasteiger partial charge >= 0.3 is 24.2 Å². The van der Waals surface area contributed by atoms with Gasteiger partial charge in [-0.25, -0.2) is 19.2 Å². The van der Waals surface area contributed by atoms with Crippen molar-refractivity contribution in [2.75, 3.05) is 80.2 Å². The number of likely N-dealkylation sites (N-methyl/N-ethyl adjacent to an activating group) is 2. The molecule has 102 heavy (non-hydrogen) atoms. The van der Waals surface area contributed by atoms with Crippen LogP contribution in [-0.2, 0) is 49.6 Å².